The van der Waals surface area contributed by atoms with E-state index in [9.17, 15) is 0 Å². The van der Waals surface area contributed by atoms with Crippen molar-refractivity contribution < 1.29 is 4.57 Å². The molecule has 0 spiro atoms. The first-order chi connectivity index (χ1) is 15.0. The van der Waals surface area contributed by atoms with Crippen molar-refractivity contribution in [2.45, 2.75) is 97.9 Å². The zero-order valence-corrected chi connectivity index (χ0v) is 20.4. The van der Waals surface area contributed by atoms with Crippen LogP contribution in [0.3, 0.4) is 0 Å². The zero-order valence-electron chi connectivity index (χ0n) is 20.4. The average Bonchev–Trinajstić information content (AvgIpc) is 2.74. The van der Waals surface area contributed by atoms with Crippen LogP contribution in [-0.2, 0) is 18.4 Å². The number of hydrogen-bond donors (Lipinski definition) is 0. The van der Waals surface area contributed by atoms with E-state index in [0.29, 0.717) is 5.41 Å². The third-order valence-electron chi connectivity index (χ3n) is 7.87. The molecule has 164 valence electrons. The first-order valence-electron chi connectivity index (χ1n) is 12.6. The molecule has 3 aromatic rings. The highest BCUT2D eigenvalue weighted by Crippen LogP contribution is 2.50. The zero-order chi connectivity index (χ0) is 22.0. The summed E-state index contributed by atoms with van der Waals surface area (Å²) in [5, 5.41) is 2.88. The van der Waals surface area contributed by atoms with Crippen molar-refractivity contribution in [2.24, 2.45) is 0 Å². The van der Waals surface area contributed by atoms with Crippen LogP contribution in [0.1, 0.15) is 88.0 Å². The number of benzene rings is 2. The quantitative estimate of drug-likeness (QED) is 0.329. The van der Waals surface area contributed by atoms with Gasteiger partial charge in [-0.15, -0.1) is 0 Å². The number of aromatic nitrogens is 1. The van der Waals surface area contributed by atoms with Crippen molar-refractivity contribution in [3.05, 3.63) is 64.8 Å². The van der Waals surface area contributed by atoms with Crippen LogP contribution in [0, 0.1) is 13.8 Å². The average molecular weight is 415 g/mol. The lowest BCUT2D eigenvalue weighted by molar-refractivity contribution is -0.685. The van der Waals surface area contributed by atoms with Gasteiger partial charge in [0, 0.05) is 12.5 Å². The number of unbranched alkanes of at least 4 members (excludes halogenated alkanes) is 1. The van der Waals surface area contributed by atoms with Crippen LogP contribution in [0.5, 0.6) is 0 Å². The summed E-state index contributed by atoms with van der Waals surface area (Å²) in [5.41, 5.74) is 9.23. The third kappa shape index (κ3) is 3.93. The van der Waals surface area contributed by atoms with Gasteiger partial charge in [-0.25, -0.2) is 0 Å². The normalized spacial score (nSPS) is 15.3. The molecule has 0 N–H and O–H groups in total. The largest absolute Gasteiger partial charge is 0.220 e. The Morgan fingerprint density at radius 1 is 0.903 bits per heavy atom. The van der Waals surface area contributed by atoms with Crippen LogP contribution in [0.25, 0.3) is 22.0 Å². The summed E-state index contributed by atoms with van der Waals surface area (Å²) < 4.78 is 2.53. The summed E-state index contributed by atoms with van der Waals surface area (Å²) in [7, 11) is 0. The lowest BCUT2D eigenvalue weighted by atomic mass is 9.61. The highest BCUT2D eigenvalue weighted by Gasteiger charge is 2.40. The van der Waals surface area contributed by atoms with Gasteiger partial charge in [-0.1, -0.05) is 51.8 Å². The van der Waals surface area contributed by atoms with E-state index < -0.39 is 0 Å². The maximum absolute atomic E-state index is 2.53. The summed E-state index contributed by atoms with van der Waals surface area (Å²) in [6, 6.07) is 14.4. The van der Waals surface area contributed by atoms with Crippen molar-refractivity contribution in [1.29, 1.82) is 0 Å². The Morgan fingerprint density at radius 2 is 1.68 bits per heavy atom. The fraction of sp³-hybridized carbons (Fsp3) is 0.500. The van der Waals surface area contributed by atoms with Crippen LogP contribution in [0.4, 0.5) is 0 Å². The van der Waals surface area contributed by atoms with Gasteiger partial charge in [0.05, 0.1) is 10.9 Å². The second kappa shape index (κ2) is 9.15. The molecule has 1 heteroatoms. The van der Waals surface area contributed by atoms with Gasteiger partial charge in [0.1, 0.15) is 6.54 Å². The van der Waals surface area contributed by atoms with Crippen molar-refractivity contribution >= 4 is 10.8 Å². The van der Waals surface area contributed by atoms with Gasteiger partial charge in [-0.3, -0.25) is 0 Å². The molecule has 0 saturated heterocycles. The molecular weight excluding hydrogens is 374 g/mol. The van der Waals surface area contributed by atoms with Crippen LogP contribution in [-0.4, -0.2) is 0 Å². The highest BCUT2D eigenvalue weighted by atomic mass is 15.0. The van der Waals surface area contributed by atoms with E-state index in [1.54, 1.807) is 5.56 Å². The van der Waals surface area contributed by atoms with E-state index in [1.807, 2.05) is 0 Å². The lowest BCUT2D eigenvalue weighted by Gasteiger charge is -2.43. The van der Waals surface area contributed by atoms with E-state index in [1.165, 1.54) is 83.7 Å². The molecule has 1 aromatic heterocycles. The maximum atomic E-state index is 2.53. The Labute approximate surface area is 189 Å². The molecule has 4 rings (SSSR count). The number of hydrogen-bond acceptors (Lipinski definition) is 0. The Bertz CT molecular complexity index is 1070. The van der Waals surface area contributed by atoms with E-state index >= 15 is 0 Å². The molecule has 1 aliphatic rings. The first kappa shape index (κ1) is 22.1. The van der Waals surface area contributed by atoms with Crippen molar-refractivity contribution in [2.75, 3.05) is 0 Å². The summed E-state index contributed by atoms with van der Waals surface area (Å²) in [6.45, 7) is 12.6. The van der Waals surface area contributed by atoms with Crippen molar-refractivity contribution in [1.82, 2.24) is 0 Å². The van der Waals surface area contributed by atoms with Gasteiger partial charge in [0.2, 0.25) is 5.69 Å². The molecule has 0 unspecified atom stereocenters. The Kier molecular flexibility index (Phi) is 6.51. The number of aryl methyl sites for hydroxylation is 4. The number of fused-ring (bicyclic) bond motifs is 1. The van der Waals surface area contributed by atoms with E-state index in [0.717, 1.165) is 13.0 Å². The standard InChI is InChI=1S/C30H40N/c1-6-9-12-24-13-10-14-26-25(24)15-19-31(18-7-2)29(26)27-20-22(4)23(5)21-28(27)30(8-3)16-11-17-30/h10,13-15,19-21H,6-9,11-12,16-18H2,1-5H3/q+1. The molecule has 0 atom stereocenters. The molecule has 0 amide bonds. The number of rotatable bonds is 8. The van der Waals surface area contributed by atoms with Gasteiger partial charge in [0.15, 0.2) is 6.20 Å². The predicted octanol–water partition coefficient (Wildman–Crippen LogP) is 8.00. The minimum atomic E-state index is 0.361. The maximum Gasteiger partial charge on any atom is 0.220 e. The molecule has 0 bridgehead atoms. The topological polar surface area (TPSA) is 3.88 Å². The fourth-order valence-electron chi connectivity index (χ4n) is 5.59. The summed E-state index contributed by atoms with van der Waals surface area (Å²) in [6.07, 6.45) is 12.4. The molecule has 1 nitrogen and oxygen atoms in total. The van der Waals surface area contributed by atoms with Crippen LogP contribution in [0.2, 0.25) is 0 Å². The molecule has 1 fully saturated rings. The number of pyridine rings is 1. The number of nitrogens with zero attached hydrogens (tertiary/aromatic N) is 1. The van der Waals surface area contributed by atoms with E-state index in [2.05, 4.69) is 81.8 Å². The Morgan fingerprint density at radius 3 is 2.32 bits per heavy atom. The minimum Gasteiger partial charge on any atom is -0.198 e. The minimum absolute atomic E-state index is 0.361. The molecule has 0 radical (unpaired) electrons. The molecule has 1 saturated carbocycles. The van der Waals surface area contributed by atoms with E-state index in [4.69, 9.17) is 0 Å². The highest BCUT2D eigenvalue weighted by molar-refractivity contribution is 5.96. The molecule has 1 heterocycles. The van der Waals surface area contributed by atoms with Gasteiger partial charge >= 0.3 is 0 Å². The second-order valence-electron chi connectivity index (χ2n) is 9.81. The van der Waals surface area contributed by atoms with Crippen LogP contribution < -0.4 is 4.57 Å². The Balaban J connectivity index is 2.03. The van der Waals surface area contributed by atoms with Gasteiger partial charge in [0.25, 0.3) is 0 Å². The van der Waals surface area contributed by atoms with Gasteiger partial charge < -0.3 is 0 Å². The smallest absolute Gasteiger partial charge is 0.198 e. The van der Waals surface area contributed by atoms with Crippen molar-refractivity contribution in [3.63, 3.8) is 0 Å². The third-order valence-corrected chi connectivity index (χ3v) is 7.87. The molecule has 31 heavy (non-hydrogen) atoms. The molecule has 1 aliphatic carbocycles. The lowest BCUT2D eigenvalue weighted by Crippen LogP contribution is -2.38. The van der Waals surface area contributed by atoms with E-state index in [-0.39, 0.29) is 0 Å². The molecule has 0 aliphatic heterocycles. The predicted molar refractivity (Wildman–Crippen MR) is 134 cm³/mol. The summed E-state index contributed by atoms with van der Waals surface area (Å²) >= 11 is 0. The monoisotopic (exact) mass is 414 g/mol. The summed E-state index contributed by atoms with van der Waals surface area (Å²) in [5.74, 6) is 0. The van der Waals surface area contributed by atoms with Gasteiger partial charge in [-0.2, -0.15) is 4.57 Å². The fourth-order valence-corrected chi connectivity index (χ4v) is 5.59. The van der Waals surface area contributed by atoms with Crippen LogP contribution in [0.15, 0.2) is 42.6 Å². The molecular formula is C30H40N+. The Hall–Kier alpha value is -2.15. The van der Waals surface area contributed by atoms with Crippen LogP contribution >= 0.6 is 0 Å². The summed E-state index contributed by atoms with van der Waals surface area (Å²) in [4.78, 5) is 0. The SMILES string of the molecule is CCCCc1cccc2c(-c3cc(C)c(C)cc3C3(CC)CCC3)[n+](CCC)ccc12. The second-order valence-corrected chi connectivity index (χ2v) is 9.81. The molecule has 2 aromatic carbocycles. The first-order valence-corrected chi connectivity index (χ1v) is 12.6. The van der Waals surface area contributed by atoms with Crippen molar-refractivity contribution in [3.8, 4) is 11.3 Å². The van der Waals surface area contributed by atoms with Gasteiger partial charge in [-0.05, 0) is 91.1 Å².